The van der Waals surface area contributed by atoms with Crippen molar-refractivity contribution < 1.29 is 9.21 Å². The zero-order valence-electron chi connectivity index (χ0n) is 11.1. The number of nitrogens with one attached hydrogen (secondary N) is 2. The number of amides is 1. The van der Waals surface area contributed by atoms with Crippen LogP contribution in [0.2, 0.25) is 0 Å². The highest BCUT2D eigenvalue weighted by molar-refractivity contribution is 9.10. The molecule has 3 rings (SSSR count). The van der Waals surface area contributed by atoms with Crippen molar-refractivity contribution in [2.24, 2.45) is 0 Å². The van der Waals surface area contributed by atoms with E-state index in [0.717, 1.165) is 28.4 Å². The van der Waals surface area contributed by atoms with Crippen LogP contribution < -0.4 is 10.6 Å². The SMILES string of the molecule is O=C(NCC[C@@H]1CCCN1)c1cc2cccc(Br)c2o1. The molecular formula is C15H17BrN2O2. The quantitative estimate of drug-likeness (QED) is 0.902. The lowest BCUT2D eigenvalue weighted by Gasteiger charge is -2.09. The number of para-hydroxylation sites is 1. The summed E-state index contributed by atoms with van der Waals surface area (Å²) in [4.78, 5) is 12.1. The van der Waals surface area contributed by atoms with Crippen molar-refractivity contribution >= 4 is 32.8 Å². The van der Waals surface area contributed by atoms with Gasteiger partial charge in [0, 0.05) is 18.0 Å². The fraction of sp³-hybridized carbons (Fsp3) is 0.400. The number of carbonyl (C=O) groups is 1. The van der Waals surface area contributed by atoms with E-state index in [4.69, 9.17) is 4.42 Å². The second-order valence-electron chi connectivity index (χ2n) is 5.11. The van der Waals surface area contributed by atoms with Crippen molar-refractivity contribution in [1.82, 2.24) is 10.6 Å². The highest BCUT2D eigenvalue weighted by atomic mass is 79.9. The molecule has 0 aliphatic carbocycles. The Morgan fingerprint density at radius 3 is 3.15 bits per heavy atom. The maximum Gasteiger partial charge on any atom is 0.287 e. The van der Waals surface area contributed by atoms with Gasteiger partial charge in [-0.1, -0.05) is 12.1 Å². The van der Waals surface area contributed by atoms with Gasteiger partial charge < -0.3 is 15.1 Å². The number of hydrogen-bond acceptors (Lipinski definition) is 3. The molecule has 0 radical (unpaired) electrons. The molecule has 20 heavy (non-hydrogen) atoms. The lowest BCUT2D eigenvalue weighted by Crippen LogP contribution is -2.30. The normalized spacial score (nSPS) is 18.6. The predicted octanol–water partition coefficient (Wildman–Crippen LogP) is 3.07. The number of halogens is 1. The van der Waals surface area contributed by atoms with Gasteiger partial charge in [-0.25, -0.2) is 0 Å². The minimum atomic E-state index is -0.147. The van der Waals surface area contributed by atoms with Gasteiger partial charge in [0.2, 0.25) is 0 Å². The lowest BCUT2D eigenvalue weighted by atomic mass is 10.1. The number of benzene rings is 1. The largest absolute Gasteiger partial charge is 0.450 e. The number of rotatable bonds is 4. The summed E-state index contributed by atoms with van der Waals surface area (Å²) in [5.74, 6) is 0.220. The Bertz CT molecular complexity index is 617. The summed E-state index contributed by atoms with van der Waals surface area (Å²) < 4.78 is 6.47. The van der Waals surface area contributed by atoms with Crippen LogP contribution in [0.3, 0.4) is 0 Å². The molecule has 2 N–H and O–H groups in total. The first-order chi connectivity index (χ1) is 9.74. The predicted molar refractivity (Wildman–Crippen MR) is 81.9 cm³/mol. The maximum atomic E-state index is 12.1. The molecule has 0 saturated carbocycles. The molecule has 1 aromatic carbocycles. The molecule has 2 heterocycles. The third-order valence-electron chi connectivity index (χ3n) is 3.66. The summed E-state index contributed by atoms with van der Waals surface area (Å²) in [5.41, 5.74) is 0.718. The van der Waals surface area contributed by atoms with Gasteiger partial charge in [-0.05, 0) is 53.9 Å². The summed E-state index contributed by atoms with van der Waals surface area (Å²) >= 11 is 3.42. The Morgan fingerprint density at radius 2 is 2.40 bits per heavy atom. The average molecular weight is 337 g/mol. The van der Waals surface area contributed by atoms with E-state index >= 15 is 0 Å². The molecule has 2 aromatic rings. The van der Waals surface area contributed by atoms with Crippen LogP contribution in [0, 0.1) is 0 Å². The molecule has 1 saturated heterocycles. The molecule has 0 spiro atoms. The molecule has 0 bridgehead atoms. The molecule has 1 fully saturated rings. The van der Waals surface area contributed by atoms with Crippen LogP contribution >= 0.6 is 15.9 Å². The molecule has 4 nitrogen and oxygen atoms in total. The Balaban J connectivity index is 1.61. The Hall–Kier alpha value is -1.33. The van der Waals surface area contributed by atoms with Crippen LogP contribution in [0.15, 0.2) is 33.2 Å². The highest BCUT2D eigenvalue weighted by Gasteiger charge is 2.16. The summed E-state index contributed by atoms with van der Waals surface area (Å²) in [6.45, 7) is 1.77. The number of fused-ring (bicyclic) bond motifs is 1. The lowest BCUT2D eigenvalue weighted by molar-refractivity contribution is 0.0927. The third kappa shape index (κ3) is 2.88. The second-order valence-corrected chi connectivity index (χ2v) is 5.96. The van der Waals surface area contributed by atoms with Gasteiger partial charge in [0.15, 0.2) is 5.76 Å². The summed E-state index contributed by atoms with van der Waals surface area (Å²) in [7, 11) is 0. The van der Waals surface area contributed by atoms with E-state index in [9.17, 15) is 4.79 Å². The standard InChI is InChI=1S/C15H17BrN2O2/c16-12-5-1-3-10-9-13(20-14(10)12)15(19)18-8-6-11-4-2-7-17-11/h1,3,5,9,11,17H,2,4,6-8H2,(H,18,19)/t11-/m0/s1. The molecule has 0 unspecified atom stereocenters. The van der Waals surface area contributed by atoms with Crippen LogP contribution in [0.5, 0.6) is 0 Å². The first-order valence-electron chi connectivity index (χ1n) is 6.94. The number of carbonyl (C=O) groups excluding carboxylic acids is 1. The van der Waals surface area contributed by atoms with Gasteiger partial charge in [-0.15, -0.1) is 0 Å². The van der Waals surface area contributed by atoms with Crippen LogP contribution in [0.4, 0.5) is 0 Å². The summed E-state index contributed by atoms with van der Waals surface area (Å²) in [6.07, 6.45) is 3.40. The van der Waals surface area contributed by atoms with Gasteiger partial charge in [-0.2, -0.15) is 0 Å². The van der Waals surface area contributed by atoms with Crippen molar-refractivity contribution in [3.8, 4) is 0 Å². The fourth-order valence-electron chi connectivity index (χ4n) is 2.59. The summed E-state index contributed by atoms with van der Waals surface area (Å²) in [5, 5.41) is 7.27. The van der Waals surface area contributed by atoms with E-state index in [1.54, 1.807) is 6.07 Å². The Morgan fingerprint density at radius 1 is 1.50 bits per heavy atom. The van der Waals surface area contributed by atoms with Gasteiger partial charge in [0.25, 0.3) is 5.91 Å². The van der Waals surface area contributed by atoms with Crippen molar-refractivity contribution in [2.45, 2.75) is 25.3 Å². The van der Waals surface area contributed by atoms with Crippen LogP contribution in [0.25, 0.3) is 11.0 Å². The fourth-order valence-corrected chi connectivity index (χ4v) is 3.05. The van der Waals surface area contributed by atoms with Gasteiger partial charge in [0.1, 0.15) is 5.58 Å². The van der Waals surface area contributed by atoms with Gasteiger partial charge in [0.05, 0.1) is 4.47 Å². The monoisotopic (exact) mass is 336 g/mol. The van der Waals surface area contributed by atoms with Gasteiger partial charge in [-0.3, -0.25) is 4.79 Å². The molecule has 1 atom stereocenters. The summed E-state index contributed by atoms with van der Waals surface area (Å²) in [6, 6.07) is 8.08. The zero-order valence-corrected chi connectivity index (χ0v) is 12.7. The van der Waals surface area contributed by atoms with E-state index < -0.39 is 0 Å². The van der Waals surface area contributed by atoms with Crippen LogP contribution in [-0.4, -0.2) is 25.0 Å². The van der Waals surface area contributed by atoms with E-state index in [-0.39, 0.29) is 5.91 Å². The van der Waals surface area contributed by atoms with Crippen LogP contribution in [0.1, 0.15) is 29.8 Å². The van der Waals surface area contributed by atoms with Gasteiger partial charge >= 0.3 is 0 Å². The Labute approximate surface area is 126 Å². The Kier molecular flexibility index (Phi) is 4.08. The zero-order chi connectivity index (χ0) is 13.9. The van der Waals surface area contributed by atoms with E-state index in [1.165, 1.54) is 12.8 Å². The average Bonchev–Trinajstić information content (AvgIpc) is 3.07. The van der Waals surface area contributed by atoms with Crippen LogP contribution in [-0.2, 0) is 0 Å². The molecule has 106 valence electrons. The second kappa shape index (κ2) is 5.97. The van der Waals surface area contributed by atoms with Crippen molar-refractivity contribution in [3.63, 3.8) is 0 Å². The van der Waals surface area contributed by atoms with Crippen molar-refractivity contribution in [2.75, 3.05) is 13.1 Å². The maximum absolute atomic E-state index is 12.1. The van der Waals surface area contributed by atoms with E-state index in [1.807, 2.05) is 18.2 Å². The minimum Gasteiger partial charge on any atom is -0.450 e. The minimum absolute atomic E-state index is 0.147. The molecular weight excluding hydrogens is 320 g/mol. The highest BCUT2D eigenvalue weighted by Crippen LogP contribution is 2.26. The number of hydrogen-bond donors (Lipinski definition) is 2. The topological polar surface area (TPSA) is 54.3 Å². The first kappa shape index (κ1) is 13.6. The number of furan rings is 1. The van der Waals surface area contributed by atoms with Crippen molar-refractivity contribution in [1.29, 1.82) is 0 Å². The first-order valence-corrected chi connectivity index (χ1v) is 7.73. The smallest absolute Gasteiger partial charge is 0.287 e. The van der Waals surface area contributed by atoms with E-state index in [0.29, 0.717) is 18.3 Å². The van der Waals surface area contributed by atoms with E-state index in [2.05, 4.69) is 26.6 Å². The molecule has 1 aliphatic rings. The molecule has 1 aliphatic heterocycles. The van der Waals surface area contributed by atoms with Crippen molar-refractivity contribution in [3.05, 3.63) is 34.5 Å². The molecule has 1 aromatic heterocycles. The molecule has 1 amide bonds. The molecule has 5 heteroatoms. The third-order valence-corrected chi connectivity index (χ3v) is 4.29.